The van der Waals surface area contributed by atoms with Crippen molar-refractivity contribution in [3.63, 3.8) is 0 Å². The van der Waals surface area contributed by atoms with E-state index in [1.807, 2.05) is 18.2 Å². The van der Waals surface area contributed by atoms with E-state index in [1.165, 1.54) is 0 Å². The first-order chi connectivity index (χ1) is 8.97. The van der Waals surface area contributed by atoms with Crippen LogP contribution in [0.3, 0.4) is 0 Å². The van der Waals surface area contributed by atoms with Gasteiger partial charge in [0.05, 0.1) is 5.92 Å². The molecule has 0 saturated carbocycles. The van der Waals surface area contributed by atoms with Crippen LogP contribution in [0.2, 0.25) is 0 Å². The zero-order valence-electron chi connectivity index (χ0n) is 12.1. The fraction of sp³-hybridized carbons (Fsp3) is 0.562. The van der Waals surface area contributed by atoms with E-state index in [-0.39, 0.29) is 17.2 Å². The predicted molar refractivity (Wildman–Crippen MR) is 79.4 cm³/mol. The van der Waals surface area contributed by atoms with Crippen LogP contribution in [0.25, 0.3) is 0 Å². The Kier molecular flexibility index (Phi) is 4.13. The van der Waals surface area contributed by atoms with Gasteiger partial charge in [-0.1, -0.05) is 39.0 Å². The van der Waals surface area contributed by atoms with Gasteiger partial charge in [-0.05, 0) is 29.9 Å². The van der Waals surface area contributed by atoms with Crippen LogP contribution in [0.5, 0.6) is 0 Å². The summed E-state index contributed by atoms with van der Waals surface area (Å²) in [5.41, 5.74) is 2.49. The average Bonchev–Trinajstić information content (AvgIpc) is 2.36. The lowest BCUT2D eigenvalue weighted by molar-refractivity contribution is -0.122. The summed E-state index contributed by atoms with van der Waals surface area (Å²) < 4.78 is 0. The minimum Gasteiger partial charge on any atom is -0.385 e. The van der Waals surface area contributed by atoms with E-state index in [2.05, 4.69) is 37.5 Å². The van der Waals surface area contributed by atoms with Crippen molar-refractivity contribution in [1.82, 2.24) is 5.32 Å². The highest BCUT2D eigenvalue weighted by molar-refractivity contribution is 5.86. The third-order valence-corrected chi connectivity index (χ3v) is 3.58. The van der Waals surface area contributed by atoms with Crippen LogP contribution >= 0.6 is 0 Å². The Bertz CT molecular complexity index is 448. The molecule has 1 aromatic carbocycles. The first-order valence-corrected chi connectivity index (χ1v) is 7.08. The highest BCUT2D eigenvalue weighted by Gasteiger charge is 2.25. The summed E-state index contributed by atoms with van der Waals surface area (Å²) in [7, 11) is 0. The maximum absolute atomic E-state index is 12.3. The number of benzene rings is 1. The molecule has 1 aliphatic heterocycles. The van der Waals surface area contributed by atoms with Crippen molar-refractivity contribution in [2.75, 3.05) is 18.4 Å². The first kappa shape index (κ1) is 13.9. The van der Waals surface area contributed by atoms with Gasteiger partial charge in [-0.3, -0.25) is 4.79 Å². The van der Waals surface area contributed by atoms with Crippen LogP contribution in [0, 0.1) is 5.41 Å². The Morgan fingerprint density at radius 3 is 2.84 bits per heavy atom. The molecule has 3 nitrogen and oxygen atoms in total. The Hall–Kier alpha value is -1.51. The number of anilines is 1. The van der Waals surface area contributed by atoms with Crippen LogP contribution in [-0.4, -0.2) is 19.0 Å². The summed E-state index contributed by atoms with van der Waals surface area (Å²) in [6.07, 6.45) is 1.88. The van der Waals surface area contributed by atoms with Crippen molar-refractivity contribution >= 4 is 11.6 Å². The Morgan fingerprint density at radius 2 is 2.11 bits per heavy atom. The molecule has 0 aliphatic carbocycles. The third-order valence-electron chi connectivity index (χ3n) is 3.58. The summed E-state index contributed by atoms with van der Waals surface area (Å²) in [5.74, 6) is 0.163. The molecule has 2 N–H and O–H groups in total. The van der Waals surface area contributed by atoms with Crippen molar-refractivity contribution in [1.29, 1.82) is 0 Å². The summed E-state index contributed by atoms with van der Waals surface area (Å²) in [5, 5.41) is 6.43. The van der Waals surface area contributed by atoms with Gasteiger partial charge in [0.1, 0.15) is 0 Å². The van der Waals surface area contributed by atoms with Gasteiger partial charge in [-0.15, -0.1) is 0 Å². The van der Waals surface area contributed by atoms with E-state index >= 15 is 0 Å². The zero-order chi connectivity index (χ0) is 13.9. The minimum absolute atomic E-state index is 0.00239. The molecule has 1 aromatic rings. The summed E-state index contributed by atoms with van der Waals surface area (Å²) in [4.78, 5) is 12.3. The Labute approximate surface area is 115 Å². The molecular weight excluding hydrogens is 236 g/mol. The van der Waals surface area contributed by atoms with Crippen molar-refractivity contribution in [3.8, 4) is 0 Å². The number of fused-ring (bicyclic) bond motifs is 1. The topological polar surface area (TPSA) is 41.1 Å². The molecule has 1 aliphatic rings. The van der Waals surface area contributed by atoms with Gasteiger partial charge >= 0.3 is 0 Å². The van der Waals surface area contributed by atoms with E-state index in [0.29, 0.717) is 0 Å². The molecule has 3 heteroatoms. The number of nitrogens with one attached hydrogen (secondary N) is 2. The monoisotopic (exact) mass is 260 g/mol. The SMILES string of the molecule is CC(C)(C)CCNC(=O)C1CCNc2ccccc21. The number of hydrogen-bond donors (Lipinski definition) is 2. The first-order valence-electron chi connectivity index (χ1n) is 7.08. The molecule has 0 fully saturated rings. The zero-order valence-corrected chi connectivity index (χ0v) is 12.1. The summed E-state index contributed by atoms with van der Waals surface area (Å²) >= 11 is 0. The molecule has 0 saturated heterocycles. The molecule has 2 rings (SSSR count). The number of amides is 1. The lowest BCUT2D eigenvalue weighted by atomic mass is 9.89. The maximum Gasteiger partial charge on any atom is 0.227 e. The molecule has 1 atom stereocenters. The van der Waals surface area contributed by atoms with Crippen LogP contribution < -0.4 is 10.6 Å². The van der Waals surface area contributed by atoms with Crippen molar-refractivity contribution < 1.29 is 4.79 Å². The van der Waals surface area contributed by atoms with Gasteiger partial charge in [0.25, 0.3) is 0 Å². The second kappa shape index (κ2) is 5.64. The Balaban J connectivity index is 1.97. The third kappa shape index (κ3) is 3.72. The minimum atomic E-state index is -0.00239. The van der Waals surface area contributed by atoms with Crippen LogP contribution in [0.1, 0.15) is 45.1 Å². The summed E-state index contributed by atoms with van der Waals surface area (Å²) in [6, 6.07) is 8.10. The number of carbonyl (C=O) groups excluding carboxylic acids is 1. The average molecular weight is 260 g/mol. The number of carbonyl (C=O) groups is 1. The molecule has 0 aromatic heterocycles. The van der Waals surface area contributed by atoms with E-state index in [4.69, 9.17) is 0 Å². The maximum atomic E-state index is 12.3. The van der Waals surface area contributed by atoms with E-state index < -0.39 is 0 Å². The van der Waals surface area contributed by atoms with Crippen LogP contribution in [0.15, 0.2) is 24.3 Å². The lowest BCUT2D eigenvalue weighted by Gasteiger charge is -2.26. The molecular formula is C16H24N2O. The van der Waals surface area contributed by atoms with Gasteiger partial charge < -0.3 is 10.6 Å². The fourth-order valence-electron chi connectivity index (χ4n) is 2.42. The number of rotatable bonds is 3. The second-order valence-electron chi connectivity index (χ2n) is 6.46. The van der Waals surface area contributed by atoms with Gasteiger partial charge in [0.2, 0.25) is 5.91 Å². The molecule has 1 unspecified atom stereocenters. The van der Waals surface area contributed by atoms with Gasteiger partial charge in [0.15, 0.2) is 0 Å². The van der Waals surface area contributed by atoms with Crippen LogP contribution in [0.4, 0.5) is 5.69 Å². The molecule has 1 amide bonds. The highest BCUT2D eigenvalue weighted by Crippen LogP contribution is 2.31. The smallest absolute Gasteiger partial charge is 0.227 e. The fourth-order valence-corrected chi connectivity index (χ4v) is 2.42. The van der Waals surface area contributed by atoms with E-state index in [9.17, 15) is 4.79 Å². The predicted octanol–water partition coefficient (Wildman–Crippen LogP) is 3.14. The number of para-hydroxylation sites is 1. The lowest BCUT2D eigenvalue weighted by Crippen LogP contribution is -2.34. The normalized spacial score (nSPS) is 18.4. The molecule has 0 radical (unpaired) electrons. The van der Waals surface area contributed by atoms with Crippen molar-refractivity contribution in [2.24, 2.45) is 5.41 Å². The standard InChI is InChI=1S/C16H24N2O/c1-16(2,3)9-11-18-15(19)13-8-10-17-14-7-5-4-6-12(13)14/h4-7,13,17H,8-11H2,1-3H3,(H,18,19). The highest BCUT2D eigenvalue weighted by atomic mass is 16.1. The largest absolute Gasteiger partial charge is 0.385 e. The molecule has 0 spiro atoms. The van der Waals surface area contributed by atoms with Crippen molar-refractivity contribution in [3.05, 3.63) is 29.8 Å². The quantitative estimate of drug-likeness (QED) is 0.876. The van der Waals surface area contributed by atoms with Gasteiger partial charge in [0, 0.05) is 18.8 Å². The molecule has 0 bridgehead atoms. The Morgan fingerprint density at radius 1 is 1.37 bits per heavy atom. The molecule has 1 heterocycles. The van der Waals surface area contributed by atoms with E-state index in [0.717, 1.165) is 37.2 Å². The van der Waals surface area contributed by atoms with Crippen molar-refractivity contribution in [2.45, 2.75) is 39.5 Å². The summed E-state index contributed by atoms with van der Waals surface area (Å²) in [6.45, 7) is 8.21. The molecule has 104 valence electrons. The van der Waals surface area contributed by atoms with Crippen LogP contribution in [-0.2, 0) is 4.79 Å². The number of hydrogen-bond acceptors (Lipinski definition) is 2. The van der Waals surface area contributed by atoms with Gasteiger partial charge in [-0.2, -0.15) is 0 Å². The van der Waals surface area contributed by atoms with E-state index in [1.54, 1.807) is 0 Å². The molecule has 19 heavy (non-hydrogen) atoms. The van der Waals surface area contributed by atoms with Gasteiger partial charge in [-0.25, -0.2) is 0 Å². The second-order valence-corrected chi connectivity index (χ2v) is 6.46.